The first-order chi connectivity index (χ1) is 8.13. The van der Waals surface area contributed by atoms with Crippen molar-refractivity contribution in [2.45, 2.75) is 84.3 Å². The lowest BCUT2D eigenvalue weighted by molar-refractivity contribution is -0.0183. The maximum absolute atomic E-state index is 9.04. The Morgan fingerprint density at radius 1 is 0.706 bits per heavy atom. The molecule has 2 atom stereocenters. The van der Waals surface area contributed by atoms with Crippen LogP contribution in [0.5, 0.6) is 0 Å². The fourth-order valence-corrected chi connectivity index (χ4v) is 1.40. The van der Waals surface area contributed by atoms with E-state index >= 15 is 0 Å². The molecule has 0 aliphatic rings. The summed E-state index contributed by atoms with van der Waals surface area (Å²) >= 11 is 0. The predicted molar refractivity (Wildman–Crippen MR) is 73.1 cm³/mol. The van der Waals surface area contributed by atoms with Crippen molar-refractivity contribution < 1.29 is 15.3 Å². The Kier molecular flexibility index (Phi) is 18.0. The number of aliphatic hydroxyl groups excluding tert-OH is 3. The minimum absolute atomic E-state index is 0.356. The predicted octanol–water partition coefficient (Wildman–Crippen LogP) is 2.87. The van der Waals surface area contributed by atoms with Gasteiger partial charge < -0.3 is 15.3 Å². The fourth-order valence-electron chi connectivity index (χ4n) is 1.40. The maximum atomic E-state index is 9.04. The minimum Gasteiger partial charge on any atom is -0.394 e. The second kappa shape index (κ2) is 15.9. The molecule has 0 heterocycles. The first kappa shape index (κ1) is 19.2. The van der Waals surface area contributed by atoms with Crippen molar-refractivity contribution in [2.75, 3.05) is 6.61 Å². The molecular formula is C14H32O3. The largest absolute Gasteiger partial charge is 0.394 e. The Hall–Kier alpha value is -0.120. The van der Waals surface area contributed by atoms with Gasteiger partial charge in [-0.25, -0.2) is 0 Å². The third kappa shape index (κ3) is 15.9. The van der Waals surface area contributed by atoms with Crippen molar-refractivity contribution in [3.8, 4) is 0 Å². The first-order valence-electron chi connectivity index (χ1n) is 7.10. The fraction of sp³-hybridized carbons (Fsp3) is 1.00. The summed E-state index contributed by atoms with van der Waals surface area (Å²) in [5.74, 6) is 0. The summed E-state index contributed by atoms with van der Waals surface area (Å²) in [4.78, 5) is 0. The summed E-state index contributed by atoms with van der Waals surface area (Å²) in [6.07, 6.45) is 7.73. The van der Waals surface area contributed by atoms with Crippen molar-refractivity contribution in [1.82, 2.24) is 0 Å². The lowest BCUT2D eigenvalue weighted by atomic mass is 10.1. The molecule has 0 saturated heterocycles. The SMILES string of the molecule is CCCCC(O)C(O)CO.CCCCCCC. The van der Waals surface area contributed by atoms with Gasteiger partial charge in [0.2, 0.25) is 0 Å². The van der Waals surface area contributed by atoms with Gasteiger partial charge in [0.1, 0.15) is 6.10 Å². The third-order valence-corrected chi connectivity index (χ3v) is 2.69. The molecule has 0 bridgehead atoms. The molecule has 17 heavy (non-hydrogen) atoms. The van der Waals surface area contributed by atoms with Crippen molar-refractivity contribution in [1.29, 1.82) is 0 Å². The Labute approximate surface area is 107 Å². The van der Waals surface area contributed by atoms with Crippen LogP contribution in [0, 0.1) is 0 Å². The molecule has 0 aliphatic heterocycles. The average Bonchev–Trinajstić information content (AvgIpc) is 2.36. The van der Waals surface area contributed by atoms with Gasteiger partial charge in [0.25, 0.3) is 0 Å². The van der Waals surface area contributed by atoms with Crippen LogP contribution >= 0.6 is 0 Å². The smallest absolute Gasteiger partial charge is 0.103 e. The molecule has 106 valence electrons. The van der Waals surface area contributed by atoms with E-state index in [1.807, 2.05) is 6.92 Å². The van der Waals surface area contributed by atoms with E-state index in [1.54, 1.807) is 0 Å². The lowest BCUT2D eigenvalue weighted by Crippen LogP contribution is -2.28. The number of unbranched alkanes of at least 4 members (excludes halogenated alkanes) is 5. The second-order valence-corrected chi connectivity index (χ2v) is 4.52. The molecule has 0 aromatic rings. The zero-order chi connectivity index (χ0) is 13.5. The van der Waals surface area contributed by atoms with Crippen LogP contribution < -0.4 is 0 Å². The van der Waals surface area contributed by atoms with E-state index in [2.05, 4.69) is 13.8 Å². The Morgan fingerprint density at radius 3 is 1.53 bits per heavy atom. The molecule has 0 rings (SSSR count). The molecule has 0 fully saturated rings. The van der Waals surface area contributed by atoms with E-state index in [9.17, 15) is 0 Å². The highest BCUT2D eigenvalue weighted by Crippen LogP contribution is 2.03. The first-order valence-corrected chi connectivity index (χ1v) is 7.10. The molecule has 0 amide bonds. The van der Waals surface area contributed by atoms with Crippen LogP contribution in [0.3, 0.4) is 0 Å². The van der Waals surface area contributed by atoms with Crippen molar-refractivity contribution in [3.63, 3.8) is 0 Å². The van der Waals surface area contributed by atoms with Gasteiger partial charge >= 0.3 is 0 Å². The quantitative estimate of drug-likeness (QED) is 0.550. The number of hydrogen-bond donors (Lipinski definition) is 3. The standard InChI is InChI=1S/C7H16O3.C7H16/c1-2-3-4-6(9)7(10)5-8;1-3-5-7-6-4-2/h6-10H,2-5H2,1H3;3-7H2,1-2H3. The highest BCUT2D eigenvalue weighted by molar-refractivity contribution is 4.64. The normalized spacial score (nSPS) is 13.8. The van der Waals surface area contributed by atoms with Crippen molar-refractivity contribution in [2.24, 2.45) is 0 Å². The van der Waals surface area contributed by atoms with Gasteiger partial charge in [0, 0.05) is 0 Å². The topological polar surface area (TPSA) is 60.7 Å². The number of aliphatic hydroxyl groups is 3. The minimum atomic E-state index is -0.966. The van der Waals surface area contributed by atoms with Crippen molar-refractivity contribution in [3.05, 3.63) is 0 Å². The van der Waals surface area contributed by atoms with E-state index in [4.69, 9.17) is 15.3 Å². The van der Waals surface area contributed by atoms with E-state index in [0.717, 1.165) is 12.8 Å². The molecule has 0 radical (unpaired) electrons. The number of rotatable bonds is 9. The zero-order valence-corrected chi connectivity index (χ0v) is 11.9. The van der Waals surface area contributed by atoms with Crippen LogP contribution in [0.25, 0.3) is 0 Å². The van der Waals surface area contributed by atoms with E-state index in [1.165, 1.54) is 32.1 Å². The van der Waals surface area contributed by atoms with Gasteiger partial charge in [0.05, 0.1) is 12.7 Å². The molecule has 0 aliphatic carbocycles. The molecule has 0 aromatic heterocycles. The van der Waals surface area contributed by atoms with Crippen LogP contribution in [0.15, 0.2) is 0 Å². The summed E-state index contributed by atoms with van der Waals surface area (Å²) in [5, 5.41) is 26.3. The Morgan fingerprint density at radius 2 is 1.18 bits per heavy atom. The Bertz CT molecular complexity index is 125. The van der Waals surface area contributed by atoms with Gasteiger partial charge in [0.15, 0.2) is 0 Å². The van der Waals surface area contributed by atoms with E-state index in [0.29, 0.717) is 6.42 Å². The van der Waals surface area contributed by atoms with Crippen LogP contribution in [-0.4, -0.2) is 34.1 Å². The van der Waals surface area contributed by atoms with E-state index < -0.39 is 12.2 Å². The monoisotopic (exact) mass is 248 g/mol. The average molecular weight is 248 g/mol. The number of hydrogen-bond acceptors (Lipinski definition) is 3. The molecule has 0 aromatic carbocycles. The molecule has 3 heteroatoms. The molecular weight excluding hydrogens is 216 g/mol. The molecule has 0 spiro atoms. The summed E-state index contributed by atoms with van der Waals surface area (Å²) in [5.41, 5.74) is 0. The highest BCUT2D eigenvalue weighted by atomic mass is 16.4. The molecule has 3 N–H and O–H groups in total. The highest BCUT2D eigenvalue weighted by Gasteiger charge is 2.13. The molecule has 0 saturated carbocycles. The van der Waals surface area contributed by atoms with Crippen LogP contribution in [0.1, 0.15) is 72.1 Å². The zero-order valence-electron chi connectivity index (χ0n) is 11.9. The van der Waals surface area contributed by atoms with Crippen LogP contribution in [-0.2, 0) is 0 Å². The van der Waals surface area contributed by atoms with Gasteiger partial charge in [-0.3, -0.25) is 0 Å². The molecule has 2 unspecified atom stereocenters. The van der Waals surface area contributed by atoms with Gasteiger partial charge in [-0.2, -0.15) is 0 Å². The van der Waals surface area contributed by atoms with Crippen molar-refractivity contribution >= 4 is 0 Å². The Balaban J connectivity index is 0. The van der Waals surface area contributed by atoms with E-state index in [-0.39, 0.29) is 6.61 Å². The van der Waals surface area contributed by atoms with Gasteiger partial charge in [-0.05, 0) is 6.42 Å². The summed E-state index contributed by atoms with van der Waals surface area (Å²) in [7, 11) is 0. The summed E-state index contributed by atoms with van der Waals surface area (Å²) in [6, 6.07) is 0. The summed E-state index contributed by atoms with van der Waals surface area (Å²) in [6.45, 7) is 6.15. The second-order valence-electron chi connectivity index (χ2n) is 4.52. The van der Waals surface area contributed by atoms with Gasteiger partial charge in [-0.1, -0.05) is 65.7 Å². The summed E-state index contributed by atoms with van der Waals surface area (Å²) < 4.78 is 0. The van der Waals surface area contributed by atoms with Crippen LogP contribution in [0.2, 0.25) is 0 Å². The van der Waals surface area contributed by atoms with Crippen LogP contribution in [0.4, 0.5) is 0 Å². The lowest BCUT2D eigenvalue weighted by Gasteiger charge is -2.14. The maximum Gasteiger partial charge on any atom is 0.103 e. The third-order valence-electron chi connectivity index (χ3n) is 2.69. The molecule has 3 nitrogen and oxygen atoms in total. The van der Waals surface area contributed by atoms with Gasteiger partial charge in [-0.15, -0.1) is 0 Å².